The lowest BCUT2D eigenvalue weighted by atomic mass is 10.1. The zero-order valence-corrected chi connectivity index (χ0v) is 15.3. The van der Waals surface area contributed by atoms with E-state index in [1.165, 1.54) is 6.08 Å². The summed E-state index contributed by atoms with van der Waals surface area (Å²) in [5.74, 6) is -1.13. The van der Waals surface area contributed by atoms with Gasteiger partial charge < -0.3 is 10.1 Å². The van der Waals surface area contributed by atoms with Gasteiger partial charge in [0.15, 0.2) is 6.61 Å². The van der Waals surface area contributed by atoms with E-state index in [1.54, 1.807) is 25.1 Å². The second kappa shape index (κ2) is 8.70. The number of carbonyl (C=O) groups is 2. The zero-order valence-electron chi connectivity index (χ0n) is 13.8. The Kier molecular flexibility index (Phi) is 6.62. The van der Waals surface area contributed by atoms with Crippen molar-refractivity contribution in [2.24, 2.45) is 0 Å². The first-order valence-corrected chi connectivity index (χ1v) is 8.29. The van der Waals surface area contributed by atoms with Gasteiger partial charge in [0.25, 0.3) is 5.91 Å². The number of aryl methyl sites for hydroxylation is 2. The Hall–Kier alpha value is -2.30. The fraction of sp³-hybridized carbons (Fsp3) is 0.158. The van der Waals surface area contributed by atoms with Crippen LogP contribution in [-0.4, -0.2) is 18.5 Å². The van der Waals surface area contributed by atoms with Gasteiger partial charge >= 0.3 is 5.97 Å². The molecule has 0 aliphatic rings. The summed E-state index contributed by atoms with van der Waals surface area (Å²) in [6, 6.07) is 11.0. The van der Waals surface area contributed by atoms with E-state index >= 15 is 0 Å². The molecule has 2 aromatic rings. The highest BCUT2D eigenvalue weighted by Gasteiger charge is 2.13. The topological polar surface area (TPSA) is 55.4 Å². The Balaban J connectivity index is 1.91. The molecule has 0 fully saturated rings. The number of amides is 1. The van der Waals surface area contributed by atoms with Crippen molar-refractivity contribution in [3.8, 4) is 0 Å². The van der Waals surface area contributed by atoms with Crippen LogP contribution >= 0.6 is 23.2 Å². The smallest absolute Gasteiger partial charge is 0.331 e. The monoisotopic (exact) mass is 377 g/mol. The molecule has 25 heavy (non-hydrogen) atoms. The third-order valence-electron chi connectivity index (χ3n) is 3.48. The van der Waals surface area contributed by atoms with E-state index in [4.69, 9.17) is 27.9 Å². The Morgan fingerprint density at radius 1 is 1.08 bits per heavy atom. The number of hydrogen-bond donors (Lipinski definition) is 1. The molecule has 0 saturated carbocycles. The molecule has 0 heterocycles. The molecule has 0 aromatic heterocycles. The van der Waals surface area contributed by atoms with E-state index in [9.17, 15) is 9.59 Å². The summed E-state index contributed by atoms with van der Waals surface area (Å²) < 4.78 is 4.92. The fourth-order valence-corrected chi connectivity index (χ4v) is 2.53. The summed E-state index contributed by atoms with van der Waals surface area (Å²) in [4.78, 5) is 23.7. The summed E-state index contributed by atoms with van der Waals surface area (Å²) in [6.07, 6.45) is 2.92. The van der Waals surface area contributed by atoms with Gasteiger partial charge in [-0.2, -0.15) is 0 Å². The van der Waals surface area contributed by atoms with Crippen LogP contribution in [0.15, 0.2) is 42.5 Å². The molecule has 130 valence electrons. The van der Waals surface area contributed by atoms with E-state index in [-0.39, 0.29) is 0 Å². The van der Waals surface area contributed by atoms with E-state index in [2.05, 4.69) is 5.32 Å². The number of anilines is 1. The van der Waals surface area contributed by atoms with Crippen molar-refractivity contribution >= 4 is 46.8 Å². The van der Waals surface area contributed by atoms with Gasteiger partial charge in [-0.05, 0) is 42.7 Å². The van der Waals surface area contributed by atoms with Crippen molar-refractivity contribution in [1.82, 2.24) is 0 Å². The SMILES string of the molecule is Cc1ccccc1/C=C/C(=O)OCC(=O)Nc1c(Cl)ccc(C)c1Cl. The minimum Gasteiger partial charge on any atom is -0.452 e. The number of rotatable bonds is 5. The minimum atomic E-state index is -0.611. The van der Waals surface area contributed by atoms with E-state index < -0.39 is 18.5 Å². The molecule has 0 unspecified atom stereocenters. The zero-order chi connectivity index (χ0) is 18.4. The van der Waals surface area contributed by atoms with Gasteiger partial charge in [0, 0.05) is 6.08 Å². The fourth-order valence-electron chi connectivity index (χ4n) is 2.06. The first kappa shape index (κ1) is 19.0. The lowest BCUT2D eigenvalue weighted by Gasteiger charge is -2.11. The number of esters is 1. The second-order valence-electron chi connectivity index (χ2n) is 5.40. The average molecular weight is 378 g/mol. The first-order chi connectivity index (χ1) is 11.9. The van der Waals surface area contributed by atoms with Gasteiger partial charge in [0.05, 0.1) is 15.7 Å². The number of halogens is 2. The van der Waals surface area contributed by atoms with Gasteiger partial charge in [-0.25, -0.2) is 4.79 Å². The summed E-state index contributed by atoms with van der Waals surface area (Å²) in [5.41, 5.74) is 3.02. The molecule has 0 aliphatic heterocycles. The Labute approximate surface area is 156 Å². The maximum atomic E-state index is 11.9. The molecule has 6 heteroatoms. The number of benzene rings is 2. The number of hydrogen-bond acceptors (Lipinski definition) is 3. The second-order valence-corrected chi connectivity index (χ2v) is 6.18. The Morgan fingerprint density at radius 3 is 2.52 bits per heavy atom. The number of carbonyl (C=O) groups excluding carboxylic acids is 2. The van der Waals surface area contributed by atoms with Crippen molar-refractivity contribution in [3.63, 3.8) is 0 Å². The van der Waals surface area contributed by atoms with Crippen LogP contribution in [0.1, 0.15) is 16.7 Å². The summed E-state index contributed by atoms with van der Waals surface area (Å²) >= 11 is 12.1. The molecule has 1 N–H and O–H groups in total. The molecule has 1 amide bonds. The highest BCUT2D eigenvalue weighted by molar-refractivity contribution is 6.40. The summed E-state index contributed by atoms with van der Waals surface area (Å²) in [7, 11) is 0. The Morgan fingerprint density at radius 2 is 1.80 bits per heavy atom. The quantitative estimate of drug-likeness (QED) is 0.600. The summed E-state index contributed by atoms with van der Waals surface area (Å²) in [5, 5.41) is 3.22. The largest absolute Gasteiger partial charge is 0.452 e. The van der Waals surface area contributed by atoms with Crippen LogP contribution in [-0.2, 0) is 14.3 Å². The van der Waals surface area contributed by atoms with E-state index in [1.807, 2.05) is 31.2 Å². The van der Waals surface area contributed by atoms with Gasteiger partial charge in [-0.1, -0.05) is 53.5 Å². The van der Waals surface area contributed by atoms with Crippen molar-refractivity contribution in [2.75, 3.05) is 11.9 Å². The Bertz CT molecular complexity index is 831. The van der Waals surface area contributed by atoms with Gasteiger partial charge in [-0.3, -0.25) is 4.79 Å². The maximum Gasteiger partial charge on any atom is 0.331 e. The predicted molar refractivity (Wildman–Crippen MR) is 101 cm³/mol. The third-order valence-corrected chi connectivity index (χ3v) is 4.28. The van der Waals surface area contributed by atoms with Crippen LogP contribution in [0, 0.1) is 13.8 Å². The molecule has 4 nitrogen and oxygen atoms in total. The third kappa shape index (κ3) is 5.34. The van der Waals surface area contributed by atoms with Crippen molar-refractivity contribution in [3.05, 3.63) is 69.2 Å². The highest BCUT2D eigenvalue weighted by Crippen LogP contribution is 2.32. The van der Waals surface area contributed by atoms with Crippen molar-refractivity contribution < 1.29 is 14.3 Å². The molecular formula is C19H17Cl2NO3. The molecule has 0 saturated heterocycles. The van der Waals surface area contributed by atoms with E-state index in [0.717, 1.165) is 16.7 Å². The minimum absolute atomic E-state index is 0.305. The van der Waals surface area contributed by atoms with Crippen LogP contribution in [0.4, 0.5) is 5.69 Å². The number of nitrogens with one attached hydrogen (secondary N) is 1. The lowest BCUT2D eigenvalue weighted by molar-refractivity contribution is -0.142. The molecular weight excluding hydrogens is 361 g/mol. The first-order valence-electron chi connectivity index (χ1n) is 7.53. The lowest BCUT2D eigenvalue weighted by Crippen LogP contribution is -2.20. The van der Waals surface area contributed by atoms with Gasteiger partial charge in [0.2, 0.25) is 0 Å². The normalized spacial score (nSPS) is 10.7. The standard InChI is InChI=1S/C19H17Cl2NO3/c1-12-5-3-4-6-14(12)8-10-17(24)25-11-16(23)22-19-15(20)9-7-13(2)18(19)21/h3-10H,11H2,1-2H3,(H,22,23)/b10-8+. The molecule has 0 radical (unpaired) electrons. The molecule has 0 atom stereocenters. The van der Waals surface area contributed by atoms with Gasteiger partial charge in [0.1, 0.15) is 0 Å². The molecule has 0 aliphatic carbocycles. The predicted octanol–water partition coefficient (Wildman–Crippen LogP) is 4.81. The van der Waals surface area contributed by atoms with Crippen LogP contribution in [0.5, 0.6) is 0 Å². The molecule has 2 rings (SSSR count). The van der Waals surface area contributed by atoms with Gasteiger partial charge in [-0.15, -0.1) is 0 Å². The maximum absolute atomic E-state index is 11.9. The highest BCUT2D eigenvalue weighted by atomic mass is 35.5. The van der Waals surface area contributed by atoms with Crippen molar-refractivity contribution in [1.29, 1.82) is 0 Å². The van der Waals surface area contributed by atoms with Crippen LogP contribution in [0.3, 0.4) is 0 Å². The average Bonchev–Trinajstić information content (AvgIpc) is 2.59. The van der Waals surface area contributed by atoms with Crippen LogP contribution in [0.2, 0.25) is 10.0 Å². The van der Waals surface area contributed by atoms with Crippen LogP contribution < -0.4 is 5.32 Å². The number of ether oxygens (including phenoxy) is 1. The molecule has 2 aromatic carbocycles. The summed E-state index contributed by atoms with van der Waals surface area (Å²) in [6.45, 7) is 3.30. The molecule has 0 bridgehead atoms. The molecule has 0 spiro atoms. The van der Waals surface area contributed by atoms with Crippen LogP contribution in [0.25, 0.3) is 6.08 Å². The van der Waals surface area contributed by atoms with E-state index in [0.29, 0.717) is 15.7 Å². The van der Waals surface area contributed by atoms with Crippen molar-refractivity contribution in [2.45, 2.75) is 13.8 Å².